The highest BCUT2D eigenvalue weighted by Crippen LogP contribution is 2.41. The smallest absolute Gasteiger partial charge is 0.220 e. The molecule has 2 aromatic rings. The molecule has 5 nitrogen and oxygen atoms in total. The van der Waals surface area contributed by atoms with Gasteiger partial charge in [0, 0.05) is 23.9 Å². The van der Waals surface area contributed by atoms with Gasteiger partial charge in [0.15, 0.2) is 0 Å². The average Bonchev–Trinajstić information content (AvgIpc) is 2.63. The molecule has 2 N–H and O–H groups in total. The fraction of sp³-hybridized carbons (Fsp3) is 0.400. The number of benzene rings is 1. The zero-order valence-electron chi connectivity index (χ0n) is 14.7. The predicted octanol–water partition coefficient (Wildman–Crippen LogP) is 2.79. The predicted molar refractivity (Wildman–Crippen MR) is 95.1 cm³/mol. The number of aromatic nitrogens is 1. The van der Waals surface area contributed by atoms with Crippen LogP contribution in [-0.2, 0) is 11.2 Å². The van der Waals surface area contributed by atoms with E-state index in [9.17, 15) is 14.3 Å². The number of aliphatic hydroxyl groups is 1. The minimum atomic E-state index is -0.389. The number of nitrogens with zero attached hydrogens (tertiary/aromatic N) is 1. The maximum absolute atomic E-state index is 13.8. The van der Waals surface area contributed by atoms with E-state index in [1.807, 2.05) is 18.2 Å². The van der Waals surface area contributed by atoms with Gasteiger partial charge in [0.25, 0.3) is 0 Å². The molecule has 26 heavy (non-hydrogen) atoms. The highest BCUT2D eigenvalue weighted by molar-refractivity contribution is 5.76. The van der Waals surface area contributed by atoms with Crippen molar-refractivity contribution >= 4 is 5.91 Å². The number of aryl methyl sites for hydroxylation is 1. The van der Waals surface area contributed by atoms with E-state index in [-0.39, 0.29) is 29.8 Å². The Labute approximate surface area is 152 Å². The number of hydrogen-bond donors (Lipinski definition) is 2. The molecule has 0 radical (unpaired) electrons. The molecule has 1 saturated carbocycles. The fourth-order valence-electron chi connectivity index (χ4n) is 3.33. The van der Waals surface area contributed by atoms with Crippen LogP contribution in [0.2, 0.25) is 0 Å². The first-order valence-corrected chi connectivity index (χ1v) is 8.77. The monoisotopic (exact) mass is 358 g/mol. The molecule has 1 heterocycles. The summed E-state index contributed by atoms with van der Waals surface area (Å²) in [6, 6.07) is 9.50. The van der Waals surface area contributed by atoms with Gasteiger partial charge in [-0.2, -0.15) is 0 Å². The van der Waals surface area contributed by atoms with Crippen LogP contribution in [0, 0.1) is 11.7 Å². The number of carbonyl (C=O) groups is 1. The van der Waals surface area contributed by atoms with Gasteiger partial charge in [-0.3, -0.25) is 9.78 Å². The molecular weight excluding hydrogens is 335 g/mol. The van der Waals surface area contributed by atoms with E-state index in [1.54, 1.807) is 12.3 Å². The van der Waals surface area contributed by atoms with Gasteiger partial charge in [0.2, 0.25) is 5.91 Å². The minimum absolute atomic E-state index is 0.0551. The summed E-state index contributed by atoms with van der Waals surface area (Å²) < 4.78 is 19.1. The number of hydrogen-bond acceptors (Lipinski definition) is 4. The first-order valence-electron chi connectivity index (χ1n) is 8.77. The van der Waals surface area contributed by atoms with E-state index in [0.29, 0.717) is 37.0 Å². The fourth-order valence-corrected chi connectivity index (χ4v) is 3.33. The van der Waals surface area contributed by atoms with Gasteiger partial charge in [0.1, 0.15) is 11.6 Å². The maximum Gasteiger partial charge on any atom is 0.220 e. The molecule has 0 aliphatic heterocycles. The van der Waals surface area contributed by atoms with Crippen LogP contribution in [0.15, 0.2) is 42.6 Å². The number of carbonyl (C=O) groups excluding carboxylic acids is 1. The quantitative estimate of drug-likeness (QED) is 0.798. The summed E-state index contributed by atoms with van der Waals surface area (Å²) >= 11 is 0. The molecule has 1 aromatic heterocycles. The minimum Gasteiger partial charge on any atom is -0.496 e. The lowest BCUT2D eigenvalue weighted by Crippen LogP contribution is -2.41. The SMILES string of the molecule is COc1ccc(F)cc1C(NC(=O)CCc1ccccn1)C1CC(O)C1. The Morgan fingerprint density at radius 1 is 1.38 bits per heavy atom. The Morgan fingerprint density at radius 2 is 2.19 bits per heavy atom. The van der Waals surface area contributed by atoms with E-state index in [0.717, 1.165) is 5.69 Å². The van der Waals surface area contributed by atoms with Crippen LogP contribution in [0.3, 0.4) is 0 Å². The molecule has 1 fully saturated rings. The first-order chi connectivity index (χ1) is 12.6. The van der Waals surface area contributed by atoms with Crippen molar-refractivity contribution in [2.75, 3.05) is 7.11 Å². The van der Waals surface area contributed by atoms with E-state index < -0.39 is 0 Å². The molecule has 6 heteroatoms. The highest BCUT2D eigenvalue weighted by atomic mass is 19.1. The molecular formula is C20H23FN2O3. The molecule has 138 valence electrons. The average molecular weight is 358 g/mol. The third kappa shape index (κ3) is 4.38. The molecule has 0 saturated heterocycles. The van der Waals surface area contributed by atoms with Crippen LogP contribution in [0.25, 0.3) is 0 Å². The van der Waals surface area contributed by atoms with Crippen molar-refractivity contribution in [3.05, 3.63) is 59.7 Å². The lowest BCUT2D eigenvalue weighted by Gasteiger charge is -2.38. The Balaban J connectivity index is 1.72. The standard InChI is InChI=1S/C20H23FN2O3/c1-26-18-7-5-14(21)12-17(18)20(13-10-16(24)11-13)23-19(25)8-6-15-4-2-3-9-22-15/h2-5,7,9,12-13,16,20,24H,6,8,10-11H2,1H3,(H,23,25). The Kier molecular flexibility index (Phi) is 5.83. The first kappa shape index (κ1) is 18.3. The Hall–Kier alpha value is -2.47. The number of pyridine rings is 1. The van der Waals surface area contributed by atoms with Gasteiger partial charge < -0.3 is 15.2 Å². The number of ether oxygens (including phenoxy) is 1. The van der Waals surface area contributed by atoms with Gasteiger partial charge in [-0.15, -0.1) is 0 Å². The summed E-state index contributed by atoms with van der Waals surface area (Å²) in [5.74, 6) is 0.0732. The third-order valence-electron chi connectivity index (χ3n) is 4.80. The van der Waals surface area contributed by atoms with E-state index >= 15 is 0 Å². The van der Waals surface area contributed by atoms with Gasteiger partial charge in [-0.05, 0) is 55.5 Å². The number of halogens is 1. The van der Waals surface area contributed by atoms with Crippen molar-refractivity contribution in [1.29, 1.82) is 0 Å². The molecule has 1 atom stereocenters. The number of nitrogens with one attached hydrogen (secondary N) is 1. The summed E-state index contributed by atoms with van der Waals surface area (Å²) in [5, 5.41) is 12.7. The second-order valence-corrected chi connectivity index (χ2v) is 6.64. The van der Waals surface area contributed by atoms with Crippen LogP contribution in [0.4, 0.5) is 4.39 Å². The van der Waals surface area contributed by atoms with Gasteiger partial charge >= 0.3 is 0 Å². The number of aliphatic hydroxyl groups excluding tert-OH is 1. The number of amides is 1. The maximum atomic E-state index is 13.8. The van der Waals surface area contributed by atoms with Crippen LogP contribution >= 0.6 is 0 Å². The molecule has 1 unspecified atom stereocenters. The summed E-state index contributed by atoms with van der Waals surface area (Å²) in [6.07, 6.45) is 3.31. The second-order valence-electron chi connectivity index (χ2n) is 6.64. The summed E-state index contributed by atoms with van der Waals surface area (Å²) in [5.41, 5.74) is 1.46. The molecule has 1 aliphatic carbocycles. The van der Waals surface area contributed by atoms with E-state index in [2.05, 4.69) is 10.3 Å². The summed E-state index contributed by atoms with van der Waals surface area (Å²) in [6.45, 7) is 0. The van der Waals surface area contributed by atoms with Crippen LogP contribution in [0.5, 0.6) is 5.75 Å². The summed E-state index contributed by atoms with van der Waals surface area (Å²) in [7, 11) is 1.52. The Bertz CT molecular complexity index is 748. The Morgan fingerprint density at radius 3 is 2.85 bits per heavy atom. The molecule has 1 aliphatic rings. The normalized spacial score (nSPS) is 20.1. The number of rotatable bonds is 7. The second kappa shape index (κ2) is 8.27. The number of methoxy groups -OCH3 is 1. The largest absolute Gasteiger partial charge is 0.496 e. The third-order valence-corrected chi connectivity index (χ3v) is 4.80. The van der Waals surface area contributed by atoms with Crippen molar-refractivity contribution in [2.45, 2.75) is 37.8 Å². The highest BCUT2D eigenvalue weighted by Gasteiger charge is 2.37. The van der Waals surface area contributed by atoms with Crippen molar-refractivity contribution in [3.63, 3.8) is 0 Å². The van der Waals surface area contributed by atoms with E-state index in [4.69, 9.17) is 4.74 Å². The lowest BCUT2D eigenvalue weighted by atomic mass is 9.74. The molecule has 0 spiro atoms. The van der Waals surface area contributed by atoms with Gasteiger partial charge in [-0.25, -0.2) is 4.39 Å². The topological polar surface area (TPSA) is 71.5 Å². The van der Waals surface area contributed by atoms with Crippen molar-refractivity contribution in [1.82, 2.24) is 10.3 Å². The zero-order chi connectivity index (χ0) is 18.5. The van der Waals surface area contributed by atoms with Crippen LogP contribution < -0.4 is 10.1 Å². The zero-order valence-corrected chi connectivity index (χ0v) is 14.7. The van der Waals surface area contributed by atoms with Gasteiger partial charge in [0.05, 0.1) is 19.3 Å². The lowest BCUT2D eigenvalue weighted by molar-refractivity contribution is -0.123. The molecule has 3 rings (SSSR count). The van der Waals surface area contributed by atoms with Crippen LogP contribution in [-0.4, -0.2) is 29.2 Å². The van der Waals surface area contributed by atoms with Crippen molar-refractivity contribution in [3.8, 4) is 5.75 Å². The van der Waals surface area contributed by atoms with Gasteiger partial charge in [-0.1, -0.05) is 6.07 Å². The summed E-state index contributed by atoms with van der Waals surface area (Å²) in [4.78, 5) is 16.7. The van der Waals surface area contributed by atoms with Crippen molar-refractivity contribution < 1.29 is 19.0 Å². The molecule has 1 aromatic carbocycles. The molecule has 1 amide bonds. The van der Waals surface area contributed by atoms with Crippen LogP contribution in [0.1, 0.15) is 36.6 Å². The van der Waals surface area contributed by atoms with E-state index in [1.165, 1.54) is 19.2 Å². The molecule has 0 bridgehead atoms. The van der Waals surface area contributed by atoms with Crippen molar-refractivity contribution in [2.24, 2.45) is 5.92 Å².